The van der Waals surface area contributed by atoms with Crippen molar-refractivity contribution in [1.82, 2.24) is 10.3 Å². The maximum absolute atomic E-state index is 12.8. The minimum Gasteiger partial charge on any atom is -0.310 e. The predicted molar refractivity (Wildman–Crippen MR) is 69.8 cm³/mol. The molecule has 1 aliphatic heterocycles. The van der Waals surface area contributed by atoms with Crippen LogP contribution >= 0.6 is 0 Å². The summed E-state index contributed by atoms with van der Waals surface area (Å²) in [7, 11) is 0. The molecule has 1 aromatic heterocycles. The van der Waals surface area contributed by atoms with Crippen molar-refractivity contribution in [2.45, 2.75) is 19.4 Å². The minimum absolute atomic E-state index is 0.377. The number of benzene rings is 1. The fraction of sp³-hybridized carbons (Fsp3) is 0.267. The van der Waals surface area contributed by atoms with Crippen LogP contribution in [0.3, 0.4) is 0 Å². The lowest BCUT2D eigenvalue weighted by Gasteiger charge is -2.24. The number of halogens is 1. The number of nitrogens with zero attached hydrogens (tertiary/aromatic N) is 1. The number of nitrogens with one attached hydrogen (secondary N) is 1. The second-order valence-electron chi connectivity index (χ2n) is 4.71. The maximum Gasteiger partial charge on any atom is 0.212 e. The van der Waals surface area contributed by atoms with E-state index in [4.69, 9.17) is 0 Å². The Kier molecular flexibility index (Phi) is 2.84. The summed E-state index contributed by atoms with van der Waals surface area (Å²) in [6, 6.07) is 9.99. The second-order valence-corrected chi connectivity index (χ2v) is 4.71. The zero-order valence-electron chi connectivity index (χ0n) is 10.3. The standard InChI is InChI=1S/C15H15FN2/c1-10-14-8-12(3-2-11(14)6-7-17-10)13-4-5-15(16)18-9-13/h2-5,8-10,17H,6-7H2,1H3. The van der Waals surface area contributed by atoms with Gasteiger partial charge in [0.2, 0.25) is 5.95 Å². The molecule has 0 saturated heterocycles. The summed E-state index contributed by atoms with van der Waals surface area (Å²) in [6.45, 7) is 3.20. The van der Waals surface area contributed by atoms with Gasteiger partial charge in [-0.2, -0.15) is 4.39 Å². The van der Waals surface area contributed by atoms with Crippen LogP contribution in [-0.2, 0) is 6.42 Å². The summed E-state index contributed by atoms with van der Waals surface area (Å²) >= 11 is 0. The van der Waals surface area contributed by atoms with Crippen molar-refractivity contribution in [1.29, 1.82) is 0 Å². The van der Waals surface area contributed by atoms with Crippen molar-refractivity contribution >= 4 is 0 Å². The molecule has 1 aromatic carbocycles. The second kappa shape index (κ2) is 4.50. The lowest BCUT2D eigenvalue weighted by atomic mass is 9.92. The molecule has 2 nitrogen and oxygen atoms in total. The Balaban J connectivity index is 2.03. The number of rotatable bonds is 1. The summed E-state index contributed by atoms with van der Waals surface area (Å²) in [5.74, 6) is -0.438. The summed E-state index contributed by atoms with van der Waals surface area (Å²) in [5.41, 5.74) is 4.79. The smallest absolute Gasteiger partial charge is 0.212 e. The highest BCUT2D eigenvalue weighted by Gasteiger charge is 2.16. The van der Waals surface area contributed by atoms with E-state index in [1.54, 1.807) is 12.3 Å². The molecule has 0 saturated carbocycles. The van der Waals surface area contributed by atoms with Gasteiger partial charge in [0.05, 0.1) is 0 Å². The van der Waals surface area contributed by atoms with E-state index < -0.39 is 5.95 Å². The van der Waals surface area contributed by atoms with Crippen LogP contribution in [0.4, 0.5) is 4.39 Å². The van der Waals surface area contributed by atoms with Crippen LogP contribution in [0.5, 0.6) is 0 Å². The predicted octanol–water partition coefficient (Wildman–Crippen LogP) is 3.09. The molecule has 1 unspecified atom stereocenters. The van der Waals surface area contributed by atoms with Gasteiger partial charge in [-0.3, -0.25) is 0 Å². The van der Waals surface area contributed by atoms with E-state index in [0.717, 1.165) is 24.1 Å². The Labute approximate surface area is 106 Å². The molecular weight excluding hydrogens is 227 g/mol. The molecule has 3 rings (SSSR count). The van der Waals surface area contributed by atoms with E-state index in [1.807, 2.05) is 0 Å². The van der Waals surface area contributed by atoms with Crippen molar-refractivity contribution in [2.75, 3.05) is 6.54 Å². The van der Waals surface area contributed by atoms with Crippen molar-refractivity contribution in [3.8, 4) is 11.1 Å². The van der Waals surface area contributed by atoms with Crippen molar-refractivity contribution in [3.05, 3.63) is 53.6 Å². The van der Waals surface area contributed by atoms with Crippen LogP contribution in [0.2, 0.25) is 0 Å². The quantitative estimate of drug-likeness (QED) is 0.777. The molecule has 0 aliphatic carbocycles. The Morgan fingerprint density at radius 1 is 1.22 bits per heavy atom. The Bertz CT molecular complexity index is 563. The van der Waals surface area contributed by atoms with Gasteiger partial charge in [-0.15, -0.1) is 0 Å². The largest absolute Gasteiger partial charge is 0.310 e. The van der Waals surface area contributed by atoms with Gasteiger partial charge in [-0.1, -0.05) is 12.1 Å². The van der Waals surface area contributed by atoms with E-state index >= 15 is 0 Å². The molecule has 2 aromatic rings. The highest BCUT2D eigenvalue weighted by molar-refractivity contribution is 5.64. The van der Waals surface area contributed by atoms with Crippen LogP contribution < -0.4 is 5.32 Å². The number of fused-ring (bicyclic) bond motifs is 1. The van der Waals surface area contributed by atoms with Crippen LogP contribution in [0, 0.1) is 5.95 Å². The Morgan fingerprint density at radius 3 is 2.83 bits per heavy atom. The SMILES string of the molecule is CC1NCCc2ccc(-c3ccc(F)nc3)cc21. The zero-order valence-corrected chi connectivity index (χ0v) is 10.3. The number of aromatic nitrogens is 1. The van der Waals surface area contributed by atoms with Gasteiger partial charge in [0.1, 0.15) is 0 Å². The molecular formula is C15H15FN2. The number of hydrogen-bond acceptors (Lipinski definition) is 2. The van der Waals surface area contributed by atoms with Crippen molar-refractivity contribution in [2.24, 2.45) is 0 Å². The molecule has 18 heavy (non-hydrogen) atoms. The molecule has 0 spiro atoms. The third-order valence-corrected chi connectivity index (χ3v) is 3.52. The summed E-state index contributed by atoms with van der Waals surface area (Å²) in [5, 5.41) is 3.45. The van der Waals surface area contributed by atoms with Crippen molar-refractivity contribution in [3.63, 3.8) is 0 Å². The van der Waals surface area contributed by atoms with Crippen LogP contribution in [0.15, 0.2) is 36.5 Å². The van der Waals surface area contributed by atoms with E-state index in [-0.39, 0.29) is 0 Å². The summed E-state index contributed by atoms with van der Waals surface area (Å²) in [6.07, 6.45) is 2.65. The average Bonchev–Trinajstić information content (AvgIpc) is 2.40. The molecule has 1 aliphatic rings. The van der Waals surface area contributed by atoms with Gasteiger partial charge in [0.25, 0.3) is 0 Å². The van der Waals surface area contributed by atoms with Gasteiger partial charge in [0, 0.05) is 17.8 Å². The fourth-order valence-electron chi connectivity index (χ4n) is 2.49. The first-order chi connectivity index (χ1) is 8.74. The van der Waals surface area contributed by atoms with E-state index in [1.165, 1.54) is 17.2 Å². The van der Waals surface area contributed by atoms with Gasteiger partial charge < -0.3 is 5.32 Å². The molecule has 3 heteroatoms. The molecule has 0 radical (unpaired) electrons. The number of hydrogen-bond donors (Lipinski definition) is 1. The van der Waals surface area contributed by atoms with Gasteiger partial charge >= 0.3 is 0 Å². The molecule has 0 amide bonds. The van der Waals surface area contributed by atoms with Gasteiger partial charge in [-0.05, 0) is 54.8 Å². The number of pyridine rings is 1. The lowest BCUT2D eigenvalue weighted by molar-refractivity contribution is 0.541. The maximum atomic E-state index is 12.8. The molecule has 1 N–H and O–H groups in total. The van der Waals surface area contributed by atoms with E-state index in [0.29, 0.717) is 6.04 Å². The zero-order chi connectivity index (χ0) is 12.5. The molecule has 92 valence electrons. The Hall–Kier alpha value is -1.74. The third kappa shape index (κ3) is 2.02. The first kappa shape index (κ1) is 11.4. The first-order valence-corrected chi connectivity index (χ1v) is 6.22. The summed E-state index contributed by atoms with van der Waals surface area (Å²) < 4.78 is 12.8. The highest BCUT2D eigenvalue weighted by atomic mass is 19.1. The lowest BCUT2D eigenvalue weighted by Crippen LogP contribution is -2.27. The molecule has 0 fully saturated rings. The van der Waals surface area contributed by atoms with Crippen LogP contribution in [0.25, 0.3) is 11.1 Å². The highest BCUT2D eigenvalue weighted by Crippen LogP contribution is 2.28. The third-order valence-electron chi connectivity index (χ3n) is 3.52. The van der Waals surface area contributed by atoms with Crippen molar-refractivity contribution < 1.29 is 4.39 Å². The molecule has 0 bridgehead atoms. The average molecular weight is 242 g/mol. The van der Waals surface area contributed by atoms with Crippen LogP contribution in [0.1, 0.15) is 24.1 Å². The van der Waals surface area contributed by atoms with Gasteiger partial charge in [0.15, 0.2) is 0 Å². The molecule has 1 atom stereocenters. The first-order valence-electron chi connectivity index (χ1n) is 6.22. The minimum atomic E-state index is -0.438. The fourth-order valence-corrected chi connectivity index (χ4v) is 2.49. The topological polar surface area (TPSA) is 24.9 Å². The monoisotopic (exact) mass is 242 g/mol. The molecule has 2 heterocycles. The summed E-state index contributed by atoms with van der Waals surface area (Å²) in [4.78, 5) is 3.70. The van der Waals surface area contributed by atoms with E-state index in [9.17, 15) is 4.39 Å². The van der Waals surface area contributed by atoms with Crippen LogP contribution in [-0.4, -0.2) is 11.5 Å². The Morgan fingerprint density at radius 2 is 2.06 bits per heavy atom. The van der Waals surface area contributed by atoms with E-state index in [2.05, 4.69) is 35.4 Å². The normalized spacial score (nSPS) is 18.4. The van der Waals surface area contributed by atoms with Gasteiger partial charge in [-0.25, -0.2) is 4.98 Å².